The first-order valence-corrected chi connectivity index (χ1v) is 4.31. The number of rotatable bonds is 3. The van der Waals surface area contributed by atoms with E-state index < -0.39 is 0 Å². The van der Waals surface area contributed by atoms with Crippen LogP contribution in [0.3, 0.4) is 0 Å². The van der Waals surface area contributed by atoms with Crippen molar-refractivity contribution in [2.24, 2.45) is 0 Å². The second kappa shape index (κ2) is 3.87. The summed E-state index contributed by atoms with van der Waals surface area (Å²) >= 11 is 0. The molecule has 1 aromatic carbocycles. The lowest BCUT2D eigenvalue weighted by Crippen LogP contribution is -1.83. The van der Waals surface area contributed by atoms with Gasteiger partial charge in [0.25, 0.3) is 0 Å². The Morgan fingerprint density at radius 1 is 1.29 bits per heavy atom. The number of H-pyrrole nitrogens is 1. The molecule has 0 unspecified atom stereocenters. The zero-order chi connectivity index (χ0) is 9.80. The molecule has 0 fully saturated rings. The molecule has 0 saturated heterocycles. The molecule has 0 aliphatic heterocycles. The number of nitrogens with zero attached hydrogens (tertiary/aromatic N) is 4. The number of benzene rings is 1. The molecule has 0 amide bonds. The number of aromatic amines is 1. The zero-order valence-corrected chi connectivity index (χ0v) is 7.81. The minimum absolute atomic E-state index is 0.394. The highest BCUT2D eigenvalue weighted by atomic mass is 15.5. The van der Waals surface area contributed by atoms with E-state index in [1.807, 2.05) is 12.1 Å². The zero-order valence-electron chi connectivity index (χ0n) is 7.81. The summed E-state index contributed by atoms with van der Waals surface area (Å²) in [5, 5.41) is 17.4. The van der Waals surface area contributed by atoms with Crippen molar-refractivity contribution in [2.45, 2.75) is 13.5 Å². The number of hydrogen-bond acceptors (Lipinski definition) is 3. The van der Waals surface area contributed by atoms with E-state index in [-0.39, 0.29) is 0 Å². The molecular formula is C9H10N5-. The molecule has 0 aliphatic carbocycles. The second-order valence-electron chi connectivity index (χ2n) is 3.01. The molecule has 14 heavy (non-hydrogen) atoms. The summed E-state index contributed by atoms with van der Waals surface area (Å²) in [7, 11) is 0. The minimum Gasteiger partial charge on any atom is -0.386 e. The van der Waals surface area contributed by atoms with Gasteiger partial charge in [0.05, 0.1) is 5.95 Å². The third-order valence-corrected chi connectivity index (χ3v) is 1.86. The van der Waals surface area contributed by atoms with Crippen LogP contribution >= 0.6 is 0 Å². The van der Waals surface area contributed by atoms with Gasteiger partial charge in [-0.1, -0.05) is 29.8 Å². The minimum atomic E-state index is 0.394. The number of aromatic nitrogens is 4. The van der Waals surface area contributed by atoms with Crippen molar-refractivity contribution >= 4 is 5.95 Å². The van der Waals surface area contributed by atoms with Crippen molar-refractivity contribution in [3.05, 3.63) is 40.7 Å². The SMILES string of the molecule is Cc1ccc(C[N-]c2nn[nH]n2)cc1. The summed E-state index contributed by atoms with van der Waals surface area (Å²) in [6, 6.07) is 8.19. The van der Waals surface area contributed by atoms with Gasteiger partial charge in [0.2, 0.25) is 0 Å². The smallest absolute Gasteiger partial charge is 0.0617 e. The summed E-state index contributed by atoms with van der Waals surface area (Å²) in [5.74, 6) is 0.394. The fourth-order valence-electron chi connectivity index (χ4n) is 1.08. The molecule has 0 spiro atoms. The van der Waals surface area contributed by atoms with Crippen LogP contribution in [0.1, 0.15) is 11.1 Å². The molecule has 5 nitrogen and oxygen atoms in total. The van der Waals surface area contributed by atoms with Crippen LogP contribution in [0.2, 0.25) is 0 Å². The molecule has 2 rings (SSSR count). The van der Waals surface area contributed by atoms with Crippen LogP contribution < -0.4 is 0 Å². The van der Waals surface area contributed by atoms with Crippen LogP contribution in [0.4, 0.5) is 5.95 Å². The highest BCUT2D eigenvalue weighted by molar-refractivity contribution is 5.32. The molecule has 2 aromatic rings. The molecule has 72 valence electrons. The maximum Gasteiger partial charge on any atom is 0.0617 e. The van der Waals surface area contributed by atoms with Crippen molar-refractivity contribution in [3.8, 4) is 0 Å². The fraction of sp³-hybridized carbons (Fsp3) is 0.222. The van der Waals surface area contributed by atoms with Crippen LogP contribution in [0.15, 0.2) is 24.3 Å². The van der Waals surface area contributed by atoms with E-state index in [9.17, 15) is 0 Å². The number of tetrazole rings is 1. The lowest BCUT2D eigenvalue weighted by Gasteiger charge is -2.06. The van der Waals surface area contributed by atoms with Gasteiger partial charge in [-0.3, -0.25) is 15.4 Å². The molecule has 0 atom stereocenters. The van der Waals surface area contributed by atoms with E-state index in [2.05, 4.69) is 45.0 Å². The van der Waals surface area contributed by atoms with E-state index in [0.29, 0.717) is 12.5 Å². The Balaban J connectivity index is 1.95. The lowest BCUT2D eigenvalue weighted by molar-refractivity contribution is 0.881. The van der Waals surface area contributed by atoms with Crippen LogP contribution in [0, 0.1) is 6.92 Å². The van der Waals surface area contributed by atoms with E-state index in [4.69, 9.17) is 0 Å². The van der Waals surface area contributed by atoms with E-state index >= 15 is 0 Å². The van der Waals surface area contributed by atoms with Gasteiger partial charge in [0, 0.05) is 6.54 Å². The molecule has 0 radical (unpaired) electrons. The van der Waals surface area contributed by atoms with E-state index in [0.717, 1.165) is 5.56 Å². The predicted octanol–water partition coefficient (Wildman–Crippen LogP) is 1.71. The van der Waals surface area contributed by atoms with Crippen molar-refractivity contribution in [1.29, 1.82) is 0 Å². The first-order chi connectivity index (χ1) is 6.84. The van der Waals surface area contributed by atoms with Gasteiger partial charge in [-0.15, -0.1) is 5.21 Å². The molecule has 1 N–H and O–H groups in total. The van der Waals surface area contributed by atoms with Gasteiger partial charge in [-0.05, 0) is 12.5 Å². The summed E-state index contributed by atoms with van der Waals surface area (Å²) in [4.78, 5) is 0. The van der Waals surface area contributed by atoms with Crippen molar-refractivity contribution in [1.82, 2.24) is 20.6 Å². The normalized spacial score (nSPS) is 10.1. The predicted molar refractivity (Wildman–Crippen MR) is 52.1 cm³/mol. The molecule has 5 heteroatoms. The Kier molecular flexibility index (Phi) is 2.40. The number of hydrogen-bond donors (Lipinski definition) is 1. The Hall–Kier alpha value is -1.91. The summed E-state index contributed by atoms with van der Waals surface area (Å²) in [6.45, 7) is 2.64. The number of nitrogens with one attached hydrogen (secondary N) is 1. The summed E-state index contributed by atoms with van der Waals surface area (Å²) in [6.07, 6.45) is 0. The average molecular weight is 188 g/mol. The molecular weight excluding hydrogens is 178 g/mol. The Morgan fingerprint density at radius 2 is 2.07 bits per heavy atom. The monoisotopic (exact) mass is 188 g/mol. The summed E-state index contributed by atoms with van der Waals surface area (Å²) in [5.41, 5.74) is 2.38. The largest absolute Gasteiger partial charge is 0.386 e. The Bertz CT molecular complexity index is 378. The van der Waals surface area contributed by atoms with Gasteiger partial charge in [0.1, 0.15) is 0 Å². The van der Waals surface area contributed by atoms with Crippen molar-refractivity contribution in [2.75, 3.05) is 0 Å². The lowest BCUT2D eigenvalue weighted by atomic mass is 10.1. The maximum absolute atomic E-state index is 4.15. The van der Waals surface area contributed by atoms with E-state index in [1.54, 1.807) is 0 Å². The molecule has 1 aromatic heterocycles. The van der Waals surface area contributed by atoms with Gasteiger partial charge in [-0.2, -0.15) is 0 Å². The van der Waals surface area contributed by atoms with Gasteiger partial charge in [0.15, 0.2) is 0 Å². The van der Waals surface area contributed by atoms with E-state index in [1.165, 1.54) is 5.56 Å². The van der Waals surface area contributed by atoms with Crippen molar-refractivity contribution in [3.63, 3.8) is 0 Å². The first-order valence-electron chi connectivity index (χ1n) is 4.31. The quantitative estimate of drug-likeness (QED) is 0.797. The average Bonchev–Trinajstić information content (AvgIpc) is 2.70. The summed E-state index contributed by atoms with van der Waals surface area (Å²) < 4.78 is 0. The topological polar surface area (TPSA) is 68.6 Å². The van der Waals surface area contributed by atoms with Crippen LogP contribution in [0.25, 0.3) is 5.32 Å². The third kappa shape index (κ3) is 2.07. The van der Waals surface area contributed by atoms with Crippen molar-refractivity contribution < 1.29 is 0 Å². The Labute approximate surface area is 81.5 Å². The van der Waals surface area contributed by atoms with Crippen LogP contribution in [0.5, 0.6) is 0 Å². The van der Waals surface area contributed by atoms with Gasteiger partial charge >= 0.3 is 0 Å². The standard InChI is InChI=1S/C9H10N5/c1-7-2-4-8(5-3-7)6-10-9-11-13-14-12-9/h2-5H,6H2,1H3,(H-,10,11,12,13,14)/q-1. The van der Waals surface area contributed by atoms with Crippen LogP contribution in [-0.4, -0.2) is 20.6 Å². The molecule has 1 heterocycles. The first kappa shape index (κ1) is 8.68. The Morgan fingerprint density at radius 3 is 2.71 bits per heavy atom. The fourth-order valence-corrected chi connectivity index (χ4v) is 1.08. The third-order valence-electron chi connectivity index (χ3n) is 1.86. The second-order valence-corrected chi connectivity index (χ2v) is 3.01. The van der Waals surface area contributed by atoms with Gasteiger partial charge in [-0.25, -0.2) is 0 Å². The van der Waals surface area contributed by atoms with Gasteiger partial charge < -0.3 is 5.32 Å². The highest BCUT2D eigenvalue weighted by Gasteiger charge is 1.90. The molecule has 0 aliphatic rings. The molecule has 0 saturated carbocycles. The number of aryl methyl sites for hydroxylation is 1. The molecule has 0 bridgehead atoms. The highest BCUT2D eigenvalue weighted by Crippen LogP contribution is 2.13. The maximum atomic E-state index is 4.15. The van der Waals surface area contributed by atoms with Crippen LogP contribution in [-0.2, 0) is 6.54 Å².